The zero-order valence-electron chi connectivity index (χ0n) is 20.3. The van der Waals surface area contributed by atoms with E-state index in [9.17, 15) is 9.90 Å². The molecule has 1 amide bonds. The number of nitrogens with one attached hydrogen (secondary N) is 3. The van der Waals surface area contributed by atoms with Gasteiger partial charge in [-0.05, 0) is 43.2 Å². The van der Waals surface area contributed by atoms with Crippen molar-refractivity contribution < 1.29 is 9.90 Å². The molecule has 0 atom stereocenters. The minimum absolute atomic E-state index is 0.173. The van der Waals surface area contributed by atoms with Crippen molar-refractivity contribution in [3.63, 3.8) is 0 Å². The Labute approximate surface area is 206 Å². The number of benzene rings is 1. The fourth-order valence-electron chi connectivity index (χ4n) is 4.16. The molecule has 1 saturated carbocycles. The van der Waals surface area contributed by atoms with Crippen molar-refractivity contribution in [1.82, 2.24) is 24.8 Å². The fourth-order valence-corrected chi connectivity index (χ4v) is 4.16. The molecule has 1 aliphatic rings. The Hall–Kier alpha value is -3.46. The van der Waals surface area contributed by atoms with Crippen LogP contribution in [0.3, 0.4) is 0 Å². The number of nitrogens with zero attached hydrogens (tertiary/aromatic N) is 4. The van der Waals surface area contributed by atoms with Gasteiger partial charge in [0.25, 0.3) is 5.91 Å². The van der Waals surface area contributed by atoms with Gasteiger partial charge in [0.1, 0.15) is 11.4 Å². The first kappa shape index (κ1) is 24.7. The summed E-state index contributed by atoms with van der Waals surface area (Å²) in [6.45, 7) is 4.09. The Morgan fingerprint density at radius 1 is 1.14 bits per heavy atom. The molecule has 2 heterocycles. The van der Waals surface area contributed by atoms with E-state index < -0.39 is 0 Å². The molecule has 2 aromatic heterocycles. The van der Waals surface area contributed by atoms with E-state index in [-0.39, 0.29) is 18.1 Å². The van der Waals surface area contributed by atoms with Gasteiger partial charge in [0.15, 0.2) is 0 Å². The van der Waals surface area contributed by atoms with Crippen LogP contribution in [0.5, 0.6) is 0 Å². The Balaban J connectivity index is 1.40. The second-order valence-corrected chi connectivity index (χ2v) is 9.12. The zero-order chi connectivity index (χ0) is 24.5. The number of aromatic nitrogens is 4. The lowest BCUT2D eigenvalue weighted by molar-refractivity contribution is 0.0950. The third kappa shape index (κ3) is 7.26. The van der Waals surface area contributed by atoms with Crippen LogP contribution in [0.2, 0.25) is 0 Å². The van der Waals surface area contributed by atoms with E-state index in [1.165, 1.54) is 5.56 Å². The second kappa shape index (κ2) is 12.3. The average Bonchev–Trinajstić information content (AvgIpc) is 3.38. The summed E-state index contributed by atoms with van der Waals surface area (Å²) in [6, 6.07) is 8.34. The Kier molecular flexibility index (Phi) is 8.67. The highest BCUT2D eigenvalue weighted by Gasteiger charge is 2.22. The molecule has 0 saturated heterocycles. The molecule has 1 fully saturated rings. The van der Waals surface area contributed by atoms with Crippen LogP contribution in [0, 0.1) is 0 Å². The summed E-state index contributed by atoms with van der Waals surface area (Å²) in [7, 11) is 0. The topological polar surface area (TPSA) is 117 Å². The molecule has 1 aliphatic carbocycles. The monoisotopic (exact) mass is 477 g/mol. The molecule has 4 N–H and O–H groups in total. The van der Waals surface area contributed by atoms with Gasteiger partial charge >= 0.3 is 0 Å². The first-order chi connectivity index (χ1) is 17.1. The second-order valence-electron chi connectivity index (χ2n) is 9.12. The summed E-state index contributed by atoms with van der Waals surface area (Å²) in [5.41, 5.74) is 2.61. The molecule has 9 heteroatoms. The molecule has 35 heavy (non-hydrogen) atoms. The Bertz CT molecular complexity index is 1060. The lowest BCUT2D eigenvalue weighted by Gasteiger charge is -2.27. The number of hydrogen-bond donors (Lipinski definition) is 4. The summed E-state index contributed by atoms with van der Waals surface area (Å²) < 4.78 is 2.01. The third-order valence-corrected chi connectivity index (χ3v) is 6.28. The quantitative estimate of drug-likeness (QED) is 0.312. The summed E-state index contributed by atoms with van der Waals surface area (Å²) in [6.07, 6.45) is 12.1. The van der Waals surface area contributed by atoms with Crippen LogP contribution in [-0.4, -0.2) is 49.2 Å². The van der Waals surface area contributed by atoms with Gasteiger partial charge in [0, 0.05) is 44.3 Å². The van der Waals surface area contributed by atoms with Crippen LogP contribution in [0.15, 0.2) is 49.2 Å². The van der Waals surface area contributed by atoms with Gasteiger partial charge in [-0.15, -0.1) is 0 Å². The molecule has 4 rings (SSSR count). The van der Waals surface area contributed by atoms with Crippen LogP contribution in [0.25, 0.3) is 0 Å². The maximum absolute atomic E-state index is 13.1. The Morgan fingerprint density at radius 2 is 1.91 bits per heavy atom. The number of unbranched alkanes of at least 4 members (excludes halogenated alkanes) is 1. The van der Waals surface area contributed by atoms with Gasteiger partial charge in [-0.2, -0.15) is 4.98 Å². The van der Waals surface area contributed by atoms with E-state index in [0.717, 1.165) is 57.2 Å². The van der Waals surface area contributed by atoms with Gasteiger partial charge in [-0.3, -0.25) is 4.79 Å². The first-order valence-corrected chi connectivity index (χ1v) is 12.5. The van der Waals surface area contributed by atoms with Crippen molar-refractivity contribution in [2.45, 2.75) is 70.7 Å². The van der Waals surface area contributed by atoms with E-state index in [1.54, 1.807) is 18.7 Å². The van der Waals surface area contributed by atoms with Crippen LogP contribution < -0.4 is 16.0 Å². The molecule has 0 aliphatic heterocycles. The van der Waals surface area contributed by atoms with Gasteiger partial charge < -0.3 is 25.6 Å². The highest BCUT2D eigenvalue weighted by Crippen LogP contribution is 2.24. The lowest BCUT2D eigenvalue weighted by atomic mass is 9.93. The number of imidazole rings is 1. The number of carbonyl (C=O) groups excluding carboxylic acids is 1. The number of rotatable bonds is 11. The van der Waals surface area contributed by atoms with Gasteiger partial charge in [-0.25, -0.2) is 9.97 Å². The molecule has 0 bridgehead atoms. The highest BCUT2D eigenvalue weighted by molar-refractivity contribution is 5.98. The van der Waals surface area contributed by atoms with E-state index in [0.29, 0.717) is 23.9 Å². The SMILES string of the molecule is CCCCNc1ncc(C(=O)NCc2ccc(Cn3ccnc3)cc2)c(NC2CCC(O)CC2)n1. The summed E-state index contributed by atoms with van der Waals surface area (Å²) in [5.74, 6) is 0.835. The largest absolute Gasteiger partial charge is 0.393 e. The van der Waals surface area contributed by atoms with Crippen LogP contribution in [-0.2, 0) is 13.1 Å². The number of carbonyl (C=O) groups is 1. The molecule has 1 aromatic carbocycles. The fraction of sp³-hybridized carbons (Fsp3) is 0.462. The molecule has 0 spiro atoms. The van der Waals surface area contributed by atoms with Crippen molar-refractivity contribution in [1.29, 1.82) is 0 Å². The van der Waals surface area contributed by atoms with Crippen LogP contribution in [0.1, 0.15) is 66.9 Å². The molecule has 9 nitrogen and oxygen atoms in total. The van der Waals surface area contributed by atoms with Crippen molar-refractivity contribution in [2.24, 2.45) is 0 Å². The number of anilines is 2. The van der Waals surface area contributed by atoms with Gasteiger partial charge in [-0.1, -0.05) is 37.6 Å². The number of amides is 1. The van der Waals surface area contributed by atoms with Crippen molar-refractivity contribution >= 4 is 17.7 Å². The maximum Gasteiger partial charge on any atom is 0.256 e. The van der Waals surface area contributed by atoms with Crippen LogP contribution >= 0.6 is 0 Å². The molecule has 186 valence electrons. The normalized spacial score (nSPS) is 17.7. The van der Waals surface area contributed by atoms with Gasteiger partial charge in [0.05, 0.1) is 12.4 Å². The first-order valence-electron chi connectivity index (χ1n) is 12.5. The third-order valence-electron chi connectivity index (χ3n) is 6.28. The molecule has 0 unspecified atom stereocenters. The minimum Gasteiger partial charge on any atom is -0.393 e. The lowest BCUT2D eigenvalue weighted by Crippen LogP contribution is -2.31. The Morgan fingerprint density at radius 3 is 2.63 bits per heavy atom. The van der Waals surface area contributed by atoms with Crippen molar-refractivity contribution in [3.05, 3.63) is 65.9 Å². The number of aliphatic hydroxyl groups is 1. The summed E-state index contributed by atoms with van der Waals surface area (Å²) >= 11 is 0. The van der Waals surface area contributed by atoms with E-state index in [1.807, 2.05) is 22.9 Å². The van der Waals surface area contributed by atoms with E-state index in [2.05, 4.69) is 50.0 Å². The predicted octanol–water partition coefficient (Wildman–Crippen LogP) is 3.58. The summed E-state index contributed by atoms with van der Waals surface area (Å²) in [5, 5.41) is 19.5. The van der Waals surface area contributed by atoms with E-state index >= 15 is 0 Å². The molecule has 3 aromatic rings. The van der Waals surface area contributed by atoms with E-state index in [4.69, 9.17) is 0 Å². The maximum atomic E-state index is 13.1. The molecule has 0 radical (unpaired) electrons. The predicted molar refractivity (Wildman–Crippen MR) is 136 cm³/mol. The van der Waals surface area contributed by atoms with Crippen molar-refractivity contribution in [2.75, 3.05) is 17.2 Å². The standard InChI is InChI=1S/C26H35N7O2/c1-2-3-12-28-26-30-16-23(24(32-26)31-21-8-10-22(34)11-9-21)25(35)29-15-19-4-6-20(7-5-19)17-33-14-13-27-18-33/h4-7,13-14,16,18,21-22,34H,2-3,8-12,15,17H2,1H3,(H,29,35)(H2,28,30,31,32). The smallest absolute Gasteiger partial charge is 0.256 e. The number of aliphatic hydroxyl groups excluding tert-OH is 1. The number of hydrogen-bond acceptors (Lipinski definition) is 7. The molecular weight excluding hydrogens is 442 g/mol. The minimum atomic E-state index is -0.237. The molecular formula is C26H35N7O2. The summed E-state index contributed by atoms with van der Waals surface area (Å²) in [4.78, 5) is 26.1. The average molecular weight is 478 g/mol. The van der Waals surface area contributed by atoms with Crippen LogP contribution in [0.4, 0.5) is 11.8 Å². The van der Waals surface area contributed by atoms with Crippen molar-refractivity contribution in [3.8, 4) is 0 Å². The van der Waals surface area contributed by atoms with Gasteiger partial charge in [0.2, 0.25) is 5.95 Å². The zero-order valence-corrected chi connectivity index (χ0v) is 20.3. The highest BCUT2D eigenvalue weighted by atomic mass is 16.3.